The zero-order chi connectivity index (χ0) is 13.2. The van der Waals surface area contributed by atoms with Crippen molar-refractivity contribution in [3.8, 4) is 0 Å². The van der Waals surface area contributed by atoms with Crippen LogP contribution in [0.15, 0.2) is 12.2 Å². The van der Waals surface area contributed by atoms with E-state index in [1.807, 2.05) is 0 Å². The molecule has 0 aromatic rings. The van der Waals surface area contributed by atoms with Crippen LogP contribution in [0.1, 0.15) is 33.1 Å². The summed E-state index contributed by atoms with van der Waals surface area (Å²) in [5, 5.41) is -0.553. The molecule has 5 heteroatoms. The summed E-state index contributed by atoms with van der Waals surface area (Å²) in [6, 6.07) is 0.0533. The lowest BCUT2D eigenvalue weighted by Gasteiger charge is -2.40. The van der Waals surface area contributed by atoms with Gasteiger partial charge < -0.3 is 0 Å². The topological polar surface area (TPSA) is 63.2 Å². The van der Waals surface area contributed by atoms with Crippen LogP contribution in [0.5, 0.6) is 0 Å². The molecule has 1 saturated heterocycles. The number of aldehydes is 1. The van der Waals surface area contributed by atoms with Gasteiger partial charge in [-0.2, -0.15) is 0 Å². The molecule has 0 radical (unpaired) electrons. The number of hydrogen-bond acceptors (Lipinski definition) is 3. The van der Waals surface area contributed by atoms with E-state index < -0.39 is 15.3 Å². The Morgan fingerprint density at radius 1 is 1.33 bits per heavy atom. The van der Waals surface area contributed by atoms with E-state index in [0.29, 0.717) is 12.2 Å². The molecule has 4 atom stereocenters. The Labute approximate surface area is 108 Å². The second-order valence-corrected chi connectivity index (χ2v) is 8.22. The number of fused-ring (bicyclic) bond motifs is 1. The van der Waals surface area contributed by atoms with Crippen molar-refractivity contribution < 1.29 is 13.2 Å². The quantitative estimate of drug-likeness (QED) is 0.606. The molecule has 4 unspecified atom stereocenters. The third-order valence-corrected chi connectivity index (χ3v) is 7.64. The molecule has 0 amide bonds. The summed E-state index contributed by atoms with van der Waals surface area (Å²) in [6.07, 6.45) is 6.57. The predicted molar refractivity (Wildman–Crippen MR) is 68.4 cm³/mol. The standard InChI is InChI=1S/C13H19NO3S/c1-12(2)9-5-6-13(12)10(8-9)14-18(16,17)11(13)4-3-7-15/h3-4,7,9-11,14H,5-6,8H2,1-2H3. The van der Waals surface area contributed by atoms with E-state index in [0.717, 1.165) is 19.3 Å². The highest BCUT2D eigenvalue weighted by molar-refractivity contribution is 7.90. The van der Waals surface area contributed by atoms with Gasteiger partial charge in [-0.25, -0.2) is 13.1 Å². The van der Waals surface area contributed by atoms with Crippen LogP contribution in [0.3, 0.4) is 0 Å². The van der Waals surface area contributed by atoms with Crippen LogP contribution >= 0.6 is 0 Å². The molecule has 1 heterocycles. The fraction of sp³-hybridized carbons (Fsp3) is 0.769. The number of sulfonamides is 1. The fourth-order valence-corrected chi connectivity index (χ4v) is 7.12. The monoisotopic (exact) mass is 269 g/mol. The van der Waals surface area contributed by atoms with Gasteiger partial charge in [0.2, 0.25) is 10.0 Å². The van der Waals surface area contributed by atoms with Crippen molar-refractivity contribution in [2.24, 2.45) is 16.7 Å². The number of carbonyl (C=O) groups is 1. The van der Waals surface area contributed by atoms with Crippen LogP contribution in [0, 0.1) is 16.7 Å². The first-order chi connectivity index (χ1) is 8.36. The van der Waals surface area contributed by atoms with Gasteiger partial charge in [-0.1, -0.05) is 19.9 Å². The average Bonchev–Trinajstić information content (AvgIpc) is 2.74. The fourth-order valence-electron chi connectivity index (χ4n) is 4.84. The summed E-state index contributed by atoms with van der Waals surface area (Å²) in [4.78, 5) is 10.5. The number of allylic oxidation sites excluding steroid dienone is 1. The molecule has 100 valence electrons. The maximum absolute atomic E-state index is 12.3. The van der Waals surface area contributed by atoms with E-state index in [1.165, 1.54) is 6.08 Å². The minimum atomic E-state index is -3.33. The molecule has 0 aromatic carbocycles. The van der Waals surface area contributed by atoms with E-state index in [2.05, 4.69) is 18.6 Å². The van der Waals surface area contributed by atoms with Crippen molar-refractivity contribution in [1.82, 2.24) is 4.72 Å². The van der Waals surface area contributed by atoms with E-state index in [4.69, 9.17) is 0 Å². The van der Waals surface area contributed by atoms with E-state index in [9.17, 15) is 13.2 Å². The molecule has 2 bridgehead atoms. The molecule has 2 saturated carbocycles. The molecule has 1 N–H and O–H groups in total. The average molecular weight is 269 g/mol. The van der Waals surface area contributed by atoms with Crippen molar-refractivity contribution in [3.05, 3.63) is 12.2 Å². The van der Waals surface area contributed by atoms with E-state index in [1.54, 1.807) is 6.08 Å². The smallest absolute Gasteiger partial charge is 0.218 e. The highest BCUT2D eigenvalue weighted by atomic mass is 32.2. The Morgan fingerprint density at radius 2 is 2.06 bits per heavy atom. The minimum Gasteiger partial charge on any atom is -0.299 e. The molecule has 1 spiro atoms. The molecule has 0 aromatic heterocycles. The van der Waals surface area contributed by atoms with E-state index >= 15 is 0 Å². The van der Waals surface area contributed by atoms with Crippen molar-refractivity contribution in [2.75, 3.05) is 0 Å². The second kappa shape index (κ2) is 3.45. The molecular formula is C13H19NO3S. The van der Waals surface area contributed by atoms with Gasteiger partial charge in [0.25, 0.3) is 0 Å². The third kappa shape index (κ3) is 1.19. The maximum Gasteiger partial charge on any atom is 0.218 e. The van der Waals surface area contributed by atoms with Gasteiger partial charge in [0.15, 0.2) is 0 Å². The van der Waals surface area contributed by atoms with Crippen LogP contribution in [-0.4, -0.2) is 26.0 Å². The van der Waals surface area contributed by atoms with E-state index in [-0.39, 0.29) is 16.9 Å². The molecule has 3 fully saturated rings. The van der Waals surface area contributed by atoms with Gasteiger partial charge >= 0.3 is 0 Å². The molecule has 3 rings (SSSR count). The van der Waals surface area contributed by atoms with Gasteiger partial charge in [0, 0.05) is 11.5 Å². The third-order valence-electron chi connectivity index (χ3n) is 5.78. The van der Waals surface area contributed by atoms with Gasteiger partial charge in [-0.3, -0.25) is 4.79 Å². The van der Waals surface area contributed by atoms with Crippen molar-refractivity contribution >= 4 is 16.3 Å². The molecule has 2 aliphatic carbocycles. The van der Waals surface area contributed by atoms with Crippen molar-refractivity contribution in [1.29, 1.82) is 0 Å². The molecule has 1 aliphatic heterocycles. The summed E-state index contributed by atoms with van der Waals surface area (Å²) in [5.74, 6) is 0.595. The van der Waals surface area contributed by atoms with Crippen LogP contribution in [0.2, 0.25) is 0 Å². The molecule has 18 heavy (non-hydrogen) atoms. The summed E-state index contributed by atoms with van der Waals surface area (Å²) < 4.78 is 27.4. The largest absolute Gasteiger partial charge is 0.299 e. The van der Waals surface area contributed by atoms with Crippen LogP contribution in [0.25, 0.3) is 0 Å². The summed E-state index contributed by atoms with van der Waals surface area (Å²) in [7, 11) is -3.33. The zero-order valence-corrected chi connectivity index (χ0v) is 11.5. The number of carbonyl (C=O) groups excluding carboxylic acids is 1. The SMILES string of the molecule is CC1(C)C2CCC13C(C2)NS(=O)(=O)C3C=CC=O. The number of nitrogens with one attached hydrogen (secondary N) is 1. The zero-order valence-electron chi connectivity index (χ0n) is 10.7. The Morgan fingerprint density at radius 3 is 2.67 bits per heavy atom. The highest BCUT2D eigenvalue weighted by Crippen LogP contribution is 2.70. The van der Waals surface area contributed by atoms with Gasteiger partial charge in [-0.05, 0) is 36.7 Å². The predicted octanol–water partition coefficient (Wildman–Crippen LogP) is 1.24. The van der Waals surface area contributed by atoms with Gasteiger partial charge in [0.05, 0.1) is 0 Å². The molecule has 4 nitrogen and oxygen atoms in total. The van der Waals surface area contributed by atoms with Crippen molar-refractivity contribution in [2.45, 2.75) is 44.4 Å². The van der Waals surface area contributed by atoms with Crippen LogP contribution in [0.4, 0.5) is 0 Å². The number of hydrogen-bond donors (Lipinski definition) is 1. The Hall–Kier alpha value is -0.680. The number of rotatable bonds is 2. The Balaban J connectivity index is 2.15. The molecule has 3 aliphatic rings. The lowest BCUT2D eigenvalue weighted by molar-refractivity contribution is -0.104. The summed E-state index contributed by atoms with van der Waals surface area (Å²) in [5.41, 5.74) is -0.206. The van der Waals surface area contributed by atoms with Gasteiger partial charge in [0.1, 0.15) is 11.5 Å². The minimum absolute atomic E-state index is 0.0200. The lowest BCUT2D eigenvalue weighted by Crippen LogP contribution is -2.44. The summed E-state index contributed by atoms with van der Waals surface area (Å²) in [6.45, 7) is 4.38. The first-order valence-corrected chi connectivity index (χ1v) is 8.04. The van der Waals surface area contributed by atoms with Crippen molar-refractivity contribution in [3.63, 3.8) is 0 Å². The maximum atomic E-state index is 12.3. The Bertz CT molecular complexity index is 522. The van der Waals surface area contributed by atoms with Crippen LogP contribution < -0.4 is 4.72 Å². The summed E-state index contributed by atoms with van der Waals surface area (Å²) >= 11 is 0. The van der Waals surface area contributed by atoms with Crippen LogP contribution in [-0.2, 0) is 14.8 Å². The Kier molecular flexibility index (Phi) is 2.37. The first-order valence-electron chi connectivity index (χ1n) is 6.49. The lowest BCUT2D eigenvalue weighted by atomic mass is 9.65. The highest BCUT2D eigenvalue weighted by Gasteiger charge is 2.72. The first kappa shape index (κ1) is 12.4. The van der Waals surface area contributed by atoms with Gasteiger partial charge in [-0.15, -0.1) is 0 Å². The normalized spacial score (nSPS) is 47.6. The second-order valence-electron chi connectivity index (χ2n) is 6.39. The molecular weight excluding hydrogens is 250 g/mol.